The fraction of sp³-hybridized carbons (Fsp3) is 0.462. The lowest BCUT2D eigenvalue weighted by Crippen LogP contribution is -2.14. The summed E-state index contributed by atoms with van der Waals surface area (Å²) in [6.07, 6.45) is 0.116. The van der Waals surface area contributed by atoms with Crippen molar-refractivity contribution in [1.29, 1.82) is 0 Å². The molecule has 6 heteroatoms. The van der Waals surface area contributed by atoms with Gasteiger partial charge in [0.2, 0.25) is 6.79 Å². The van der Waals surface area contributed by atoms with E-state index < -0.39 is 17.8 Å². The number of hydrogen-bond acceptors (Lipinski definition) is 3. The Balaban J connectivity index is 2.41. The number of carboxylic acid groups (broad SMARTS) is 1. The molecule has 1 N–H and O–H groups in total. The first-order valence-corrected chi connectivity index (χ1v) is 5.82. The number of carbonyl (C=O) groups is 1. The van der Waals surface area contributed by atoms with Crippen LogP contribution in [0.5, 0.6) is 11.5 Å². The van der Waals surface area contributed by atoms with E-state index >= 15 is 0 Å². The molecule has 1 aliphatic heterocycles. The van der Waals surface area contributed by atoms with Gasteiger partial charge in [0.1, 0.15) is 0 Å². The molecular weight excluding hydrogens is 258 g/mol. The lowest BCUT2D eigenvalue weighted by atomic mass is 9.96. The fourth-order valence-electron chi connectivity index (χ4n) is 1.91. The van der Waals surface area contributed by atoms with Crippen molar-refractivity contribution in [3.05, 3.63) is 23.3 Å². The van der Waals surface area contributed by atoms with Gasteiger partial charge >= 0.3 is 5.97 Å². The maximum Gasteiger partial charge on any atom is 0.306 e. The second kappa shape index (κ2) is 4.68. The van der Waals surface area contributed by atoms with Gasteiger partial charge in [-0.1, -0.05) is 6.92 Å². The van der Waals surface area contributed by atoms with Gasteiger partial charge in [-0.15, -0.1) is 0 Å². The van der Waals surface area contributed by atoms with Crippen molar-refractivity contribution in [2.75, 3.05) is 6.79 Å². The summed E-state index contributed by atoms with van der Waals surface area (Å²) in [5, 5.41) is 8.90. The van der Waals surface area contributed by atoms with E-state index in [2.05, 4.69) is 0 Å². The molecule has 0 radical (unpaired) electrons. The average Bonchev–Trinajstić information content (AvgIpc) is 2.75. The van der Waals surface area contributed by atoms with Gasteiger partial charge < -0.3 is 14.6 Å². The Hall–Kier alpha value is -1.85. The molecular formula is C13H14F2O4. The molecule has 0 aliphatic carbocycles. The van der Waals surface area contributed by atoms with Gasteiger partial charge in [0, 0.05) is 12.5 Å². The van der Waals surface area contributed by atoms with Crippen LogP contribution < -0.4 is 9.47 Å². The third-order valence-electron chi connectivity index (χ3n) is 3.00. The van der Waals surface area contributed by atoms with Gasteiger partial charge in [0.05, 0.1) is 5.92 Å². The number of halogens is 2. The van der Waals surface area contributed by atoms with Crippen LogP contribution in [0.1, 0.15) is 25.0 Å². The Kier molecular flexibility index (Phi) is 3.34. The predicted octanol–water partition coefficient (Wildman–Crippen LogP) is 2.79. The van der Waals surface area contributed by atoms with Crippen LogP contribution >= 0.6 is 0 Å². The second-order valence-electron chi connectivity index (χ2n) is 4.70. The minimum absolute atomic E-state index is 0.0392. The van der Waals surface area contributed by atoms with Gasteiger partial charge in [0.25, 0.3) is 5.92 Å². The van der Waals surface area contributed by atoms with Crippen molar-refractivity contribution in [3.8, 4) is 11.5 Å². The van der Waals surface area contributed by atoms with E-state index in [0.29, 0.717) is 11.3 Å². The van der Waals surface area contributed by atoms with Crippen LogP contribution in [-0.4, -0.2) is 17.9 Å². The third-order valence-corrected chi connectivity index (χ3v) is 3.00. The number of aliphatic carboxylic acids is 1. The lowest BCUT2D eigenvalue weighted by molar-refractivity contribution is -0.141. The smallest absolute Gasteiger partial charge is 0.306 e. The third kappa shape index (κ3) is 2.77. The second-order valence-corrected chi connectivity index (χ2v) is 4.70. The molecule has 0 amide bonds. The van der Waals surface area contributed by atoms with Crippen molar-refractivity contribution in [1.82, 2.24) is 0 Å². The molecule has 2 rings (SSSR count). The molecule has 1 atom stereocenters. The minimum Gasteiger partial charge on any atom is -0.481 e. The quantitative estimate of drug-likeness (QED) is 0.915. The van der Waals surface area contributed by atoms with E-state index in [4.69, 9.17) is 14.6 Å². The summed E-state index contributed by atoms with van der Waals surface area (Å²) >= 11 is 0. The molecule has 1 aliphatic rings. The highest BCUT2D eigenvalue weighted by atomic mass is 19.3. The van der Waals surface area contributed by atoms with Crippen LogP contribution in [0.4, 0.5) is 8.78 Å². The summed E-state index contributed by atoms with van der Waals surface area (Å²) in [6, 6.07) is 2.52. The van der Waals surface area contributed by atoms with Gasteiger partial charge in [-0.25, -0.2) is 8.78 Å². The van der Waals surface area contributed by atoms with Crippen LogP contribution in [-0.2, 0) is 17.1 Å². The zero-order chi connectivity index (χ0) is 14.2. The first-order chi connectivity index (χ1) is 8.79. The highest BCUT2D eigenvalue weighted by Crippen LogP contribution is 2.41. The number of carboxylic acids is 1. The Morgan fingerprint density at radius 3 is 2.74 bits per heavy atom. The summed E-state index contributed by atoms with van der Waals surface area (Å²) in [4.78, 5) is 10.9. The monoisotopic (exact) mass is 272 g/mol. The highest BCUT2D eigenvalue weighted by Gasteiger charge is 2.30. The molecule has 0 bridgehead atoms. The first-order valence-electron chi connectivity index (χ1n) is 5.82. The molecule has 1 heterocycles. The predicted molar refractivity (Wildman–Crippen MR) is 62.6 cm³/mol. The normalized spacial score (nSPS) is 15.4. The SMILES string of the molecule is CC(Cc1cc(C(C)(F)F)cc2c1OCO2)C(=O)O. The van der Waals surface area contributed by atoms with Gasteiger partial charge in [-0.2, -0.15) is 0 Å². The number of alkyl halides is 2. The van der Waals surface area contributed by atoms with Crippen molar-refractivity contribution in [2.24, 2.45) is 5.92 Å². The Morgan fingerprint density at radius 2 is 2.16 bits per heavy atom. The number of fused-ring (bicyclic) bond motifs is 1. The number of hydrogen-bond donors (Lipinski definition) is 1. The first kappa shape index (κ1) is 13.6. The fourth-order valence-corrected chi connectivity index (χ4v) is 1.91. The largest absolute Gasteiger partial charge is 0.481 e. The van der Waals surface area contributed by atoms with E-state index in [0.717, 1.165) is 6.92 Å². The molecule has 0 aromatic heterocycles. The number of ether oxygens (including phenoxy) is 2. The van der Waals surface area contributed by atoms with Gasteiger partial charge in [0.15, 0.2) is 11.5 Å². The molecule has 104 valence electrons. The molecule has 0 saturated heterocycles. The molecule has 19 heavy (non-hydrogen) atoms. The van der Waals surface area contributed by atoms with E-state index in [-0.39, 0.29) is 24.5 Å². The zero-order valence-corrected chi connectivity index (χ0v) is 10.6. The van der Waals surface area contributed by atoms with E-state index in [1.807, 2.05) is 0 Å². The number of rotatable bonds is 4. The molecule has 0 fully saturated rings. The summed E-state index contributed by atoms with van der Waals surface area (Å²) in [6.45, 7) is 2.26. The van der Waals surface area contributed by atoms with Crippen molar-refractivity contribution in [2.45, 2.75) is 26.2 Å². The molecule has 1 aromatic carbocycles. The molecule has 1 aromatic rings. The molecule has 0 spiro atoms. The van der Waals surface area contributed by atoms with Crippen LogP contribution in [0.25, 0.3) is 0 Å². The Labute approximate surface area is 108 Å². The summed E-state index contributed by atoms with van der Waals surface area (Å²) < 4.78 is 37.1. The summed E-state index contributed by atoms with van der Waals surface area (Å²) in [5.74, 6) is -4.08. The maximum absolute atomic E-state index is 13.4. The standard InChI is InChI=1S/C13H14F2O4/c1-7(12(16)17)3-8-4-9(13(2,14)15)5-10-11(8)19-6-18-10/h4-5,7H,3,6H2,1-2H3,(H,16,17). The zero-order valence-electron chi connectivity index (χ0n) is 10.6. The minimum atomic E-state index is -3.01. The average molecular weight is 272 g/mol. The van der Waals surface area contributed by atoms with Gasteiger partial charge in [-0.05, 0) is 24.1 Å². The van der Waals surface area contributed by atoms with E-state index in [9.17, 15) is 13.6 Å². The van der Waals surface area contributed by atoms with Crippen LogP contribution in [0.2, 0.25) is 0 Å². The van der Waals surface area contributed by atoms with Crippen LogP contribution in [0, 0.1) is 5.92 Å². The van der Waals surface area contributed by atoms with Crippen molar-refractivity contribution < 1.29 is 28.2 Å². The maximum atomic E-state index is 13.4. The molecule has 1 unspecified atom stereocenters. The summed E-state index contributed by atoms with van der Waals surface area (Å²) in [7, 11) is 0. The molecule has 0 saturated carbocycles. The van der Waals surface area contributed by atoms with Crippen LogP contribution in [0.15, 0.2) is 12.1 Å². The lowest BCUT2D eigenvalue weighted by Gasteiger charge is -2.15. The van der Waals surface area contributed by atoms with Crippen LogP contribution in [0.3, 0.4) is 0 Å². The van der Waals surface area contributed by atoms with E-state index in [1.54, 1.807) is 0 Å². The van der Waals surface area contributed by atoms with Crippen molar-refractivity contribution in [3.63, 3.8) is 0 Å². The molecule has 4 nitrogen and oxygen atoms in total. The Morgan fingerprint density at radius 1 is 1.47 bits per heavy atom. The number of benzene rings is 1. The highest BCUT2D eigenvalue weighted by molar-refractivity contribution is 5.70. The topological polar surface area (TPSA) is 55.8 Å². The summed E-state index contributed by atoms with van der Waals surface area (Å²) in [5.41, 5.74) is 0.228. The van der Waals surface area contributed by atoms with E-state index in [1.165, 1.54) is 19.1 Å². The Bertz CT molecular complexity index is 508. The van der Waals surface area contributed by atoms with Crippen molar-refractivity contribution >= 4 is 5.97 Å². The van der Waals surface area contributed by atoms with Gasteiger partial charge in [-0.3, -0.25) is 4.79 Å².